The molecule has 0 aliphatic heterocycles. The van der Waals surface area contributed by atoms with Crippen LogP contribution in [-0.4, -0.2) is 24.2 Å². The van der Waals surface area contributed by atoms with Crippen LogP contribution in [0.1, 0.15) is 32.6 Å². The second-order valence-corrected chi connectivity index (χ2v) is 6.14. The van der Waals surface area contributed by atoms with Crippen molar-refractivity contribution in [1.82, 2.24) is 10.3 Å². The van der Waals surface area contributed by atoms with Crippen molar-refractivity contribution in [2.45, 2.75) is 38.6 Å². The maximum absolute atomic E-state index is 5.81. The standard InChI is InChI=1S/C18H24N2O/c1-14-5-4-7-16(11-14)19-9-10-21-17-12-15-6-2-3-8-18(15)20-13-17/h2-3,6,8,12-14,16,19H,4-5,7,9-11H2,1H3. The van der Waals surface area contributed by atoms with Crippen molar-refractivity contribution in [3.63, 3.8) is 0 Å². The van der Waals surface area contributed by atoms with Crippen LogP contribution in [0.15, 0.2) is 36.5 Å². The number of nitrogens with one attached hydrogen (secondary N) is 1. The fourth-order valence-corrected chi connectivity index (χ4v) is 3.18. The summed E-state index contributed by atoms with van der Waals surface area (Å²) in [6.45, 7) is 3.96. The predicted molar refractivity (Wildman–Crippen MR) is 86.7 cm³/mol. The van der Waals surface area contributed by atoms with Gasteiger partial charge in [-0.2, -0.15) is 0 Å². The molecular weight excluding hydrogens is 260 g/mol. The van der Waals surface area contributed by atoms with Gasteiger partial charge in [0.1, 0.15) is 12.4 Å². The first-order chi connectivity index (χ1) is 10.3. The van der Waals surface area contributed by atoms with Crippen molar-refractivity contribution < 1.29 is 4.74 Å². The lowest BCUT2D eigenvalue weighted by Crippen LogP contribution is -2.36. The van der Waals surface area contributed by atoms with Gasteiger partial charge in [-0.05, 0) is 30.9 Å². The first kappa shape index (κ1) is 14.3. The summed E-state index contributed by atoms with van der Waals surface area (Å²) in [6, 6.07) is 10.9. The molecule has 2 unspecified atom stereocenters. The van der Waals surface area contributed by atoms with Crippen LogP contribution in [0.4, 0.5) is 0 Å². The normalized spacial score (nSPS) is 22.3. The fourth-order valence-electron chi connectivity index (χ4n) is 3.18. The molecule has 0 bridgehead atoms. The number of pyridine rings is 1. The van der Waals surface area contributed by atoms with Crippen LogP contribution in [0, 0.1) is 5.92 Å². The zero-order valence-corrected chi connectivity index (χ0v) is 12.7. The Labute approximate surface area is 126 Å². The monoisotopic (exact) mass is 284 g/mol. The number of hydrogen-bond donors (Lipinski definition) is 1. The third kappa shape index (κ3) is 3.94. The summed E-state index contributed by atoms with van der Waals surface area (Å²) in [4.78, 5) is 4.41. The summed E-state index contributed by atoms with van der Waals surface area (Å²) >= 11 is 0. The SMILES string of the molecule is CC1CCCC(NCCOc2cnc3ccccc3c2)C1. The smallest absolute Gasteiger partial charge is 0.138 e. The van der Waals surface area contributed by atoms with E-state index in [0.29, 0.717) is 12.6 Å². The Morgan fingerprint density at radius 3 is 3.10 bits per heavy atom. The van der Waals surface area contributed by atoms with Crippen molar-refractivity contribution in [2.24, 2.45) is 5.92 Å². The van der Waals surface area contributed by atoms with Crippen LogP contribution in [0.2, 0.25) is 0 Å². The maximum atomic E-state index is 5.81. The molecule has 3 heteroatoms. The van der Waals surface area contributed by atoms with Gasteiger partial charge in [0, 0.05) is 18.0 Å². The summed E-state index contributed by atoms with van der Waals surface area (Å²) in [5, 5.41) is 4.74. The van der Waals surface area contributed by atoms with Gasteiger partial charge in [-0.3, -0.25) is 4.98 Å². The van der Waals surface area contributed by atoms with E-state index in [9.17, 15) is 0 Å². The summed E-state index contributed by atoms with van der Waals surface area (Å²) in [6.07, 6.45) is 7.16. The molecule has 0 radical (unpaired) electrons. The number of benzene rings is 1. The van der Waals surface area contributed by atoms with E-state index in [-0.39, 0.29) is 0 Å². The molecule has 1 aliphatic rings. The molecule has 1 aliphatic carbocycles. The van der Waals surface area contributed by atoms with E-state index in [1.807, 2.05) is 24.4 Å². The van der Waals surface area contributed by atoms with Gasteiger partial charge >= 0.3 is 0 Å². The molecule has 1 aromatic carbocycles. The molecule has 0 amide bonds. The van der Waals surface area contributed by atoms with Crippen LogP contribution >= 0.6 is 0 Å². The number of para-hydroxylation sites is 1. The highest BCUT2D eigenvalue weighted by molar-refractivity contribution is 5.79. The lowest BCUT2D eigenvalue weighted by molar-refractivity contribution is 0.266. The van der Waals surface area contributed by atoms with Crippen molar-refractivity contribution in [3.05, 3.63) is 36.5 Å². The molecule has 1 N–H and O–H groups in total. The molecule has 3 nitrogen and oxygen atoms in total. The average molecular weight is 284 g/mol. The molecule has 0 saturated heterocycles. The lowest BCUT2D eigenvalue weighted by Gasteiger charge is -2.27. The number of hydrogen-bond acceptors (Lipinski definition) is 3. The highest BCUT2D eigenvalue weighted by Crippen LogP contribution is 2.23. The Morgan fingerprint density at radius 2 is 2.19 bits per heavy atom. The van der Waals surface area contributed by atoms with Gasteiger partial charge in [0.25, 0.3) is 0 Å². The minimum Gasteiger partial charge on any atom is -0.491 e. The highest BCUT2D eigenvalue weighted by Gasteiger charge is 2.17. The van der Waals surface area contributed by atoms with E-state index in [2.05, 4.69) is 29.4 Å². The quantitative estimate of drug-likeness (QED) is 0.848. The largest absolute Gasteiger partial charge is 0.491 e. The van der Waals surface area contributed by atoms with Crippen LogP contribution < -0.4 is 10.1 Å². The van der Waals surface area contributed by atoms with Crippen LogP contribution in [-0.2, 0) is 0 Å². The van der Waals surface area contributed by atoms with E-state index in [0.717, 1.165) is 29.1 Å². The zero-order valence-electron chi connectivity index (χ0n) is 12.7. The van der Waals surface area contributed by atoms with E-state index in [1.165, 1.54) is 25.7 Å². The van der Waals surface area contributed by atoms with Crippen molar-refractivity contribution >= 4 is 10.9 Å². The highest BCUT2D eigenvalue weighted by atomic mass is 16.5. The Kier molecular flexibility index (Phi) is 4.71. The van der Waals surface area contributed by atoms with Gasteiger partial charge in [-0.1, -0.05) is 38.0 Å². The number of rotatable bonds is 5. The molecule has 1 aromatic heterocycles. The van der Waals surface area contributed by atoms with Crippen LogP contribution in [0.3, 0.4) is 0 Å². The summed E-state index contributed by atoms with van der Waals surface area (Å²) in [5.74, 6) is 1.72. The number of ether oxygens (including phenoxy) is 1. The van der Waals surface area contributed by atoms with E-state index >= 15 is 0 Å². The molecule has 1 fully saturated rings. The predicted octanol–water partition coefficient (Wildman–Crippen LogP) is 3.78. The maximum Gasteiger partial charge on any atom is 0.138 e. The second-order valence-electron chi connectivity index (χ2n) is 6.14. The van der Waals surface area contributed by atoms with Crippen molar-refractivity contribution in [2.75, 3.05) is 13.2 Å². The van der Waals surface area contributed by atoms with Gasteiger partial charge in [-0.15, -0.1) is 0 Å². The molecule has 0 spiro atoms. The molecular formula is C18H24N2O. The number of fused-ring (bicyclic) bond motifs is 1. The van der Waals surface area contributed by atoms with Gasteiger partial charge < -0.3 is 10.1 Å². The Balaban J connectivity index is 1.46. The van der Waals surface area contributed by atoms with Crippen LogP contribution in [0.5, 0.6) is 5.75 Å². The fraction of sp³-hybridized carbons (Fsp3) is 0.500. The molecule has 1 saturated carbocycles. The third-order valence-electron chi connectivity index (χ3n) is 4.31. The topological polar surface area (TPSA) is 34.1 Å². The van der Waals surface area contributed by atoms with E-state index in [4.69, 9.17) is 4.74 Å². The molecule has 112 valence electrons. The minimum atomic E-state index is 0.673. The van der Waals surface area contributed by atoms with Gasteiger partial charge in [-0.25, -0.2) is 0 Å². The minimum absolute atomic E-state index is 0.673. The lowest BCUT2D eigenvalue weighted by atomic mass is 9.87. The van der Waals surface area contributed by atoms with Crippen molar-refractivity contribution in [1.29, 1.82) is 0 Å². The average Bonchev–Trinajstić information content (AvgIpc) is 2.51. The summed E-state index contributed by atoms with van der Waals surface area (Å²) < 4.78 is 5.81. The summed E-state index contributed by atoms with van der Waals surface area (Å²) in [5.41, 5.74) is 1.01. The number of aromatic nitrogens is 1. The molecule has 2 aromatic rings. The second kappa shape index (κ2) is 6.90. The molecule has 2 atom stereocenters. The van der Waals surface area contributed by atoms with Gasteiger partial charge in [0.15, 0.2) is 0 Å². The molecule has 3 rings (SSSR count). The third-order valence-corrected chi connectivity index (χ3v) is 4.31. The molecule has 21 heavy (non-hydrogen) atoms. The first-order valence-corrected chi connectivity index (χ1v) is 8.02. The Hall–Kier alpha value is -1.61. The zero-order chi connectivity index (χ0) is 14.5. The molecule has 1 heterocycles. The first-order valence-electron chi connectivity index (χ1n) is 8.02. The summed E-state index contributed by atoms with van der Waals surface area (Å²) in [7, 11) is 0. The Bertz CT molecular complexity index is 584. The van der Waals surface area contributed by atoms with E-state index < -0.39 is 0 Å². The number of nitrogens with zero attached hydrogens (tertiary/aromatic N) is 1. The van der Waals surface area contributed by atoms with Gasteiger partial charge in [0.05, 0.1) is 11.7 Å². The van der Waals surface area contributed by atoms with Crippen molar-refractivity contribution in [3.8, 4) is 5.75 Å². The Morgan fingerprint density at radius 1 is 1.29 bits per heavy atom. The van der Waals surface area contributed by atoms with E-state index in [1.54, 1.807) is 0 Å². The van der Waals surface area contributed by atoms with Crippen LogP contribution in [0.25, 0.3) is 10.9 Å². The van der Waals surface area contributed by atoms with Gasteiger partial charge in [0.2, 0.25) is 0 Å².